The topological polar surface area (TPSA) is 127 Å². The molecule has 0 N–H and O–H groups in total. The average Bonchev–Trinajstić information content (AvgIpc) is 3.48. The number of benzene rings is 2. The van der Waals surface area contributed by atoms with Gasteiger partial charge in [-0.1, -0.05) is 35.9 Å². The van der Waals surface area contributed by atoms with Crippen molar-refractivity contribution in [3.05, 3.63) is 83.7 Å². The van der Waals surface area contributed by atoms with Gasteiger partial charge in [0.25, 0.3) is 10.0 Å². The van der Waals surface area contributed by atoms with Gasteiger partial charge in [-0.25, -0.2) is 22.2 Å². The molecule has 2 aliphatic heterocycles. The molecule has 1 amide bonds. The van der Waals surface area contributed by atoms with Gasteiger partial charge in [-0.15, -0.1) is 0 Å². The third kappa shape index (κ3) is 8.02. The fraction of sp³-hybridized carbons (Fsp3) is 0.395. The average molecular weight is 698 g/mol. The lowest BCUT2D eigenvalue weighted by Crippen LogP contribution is -2.44. The Bertz CT molecular complexity index is 2030. The van der Waals surface area contributed by atoms with E-state index in [2.05, 4.69) is 22.0 Å². The van der Waals surface area contributed by atoms with Crippen molar-refractivity contribution < 1.29 is 27.4 Å². The van der Waals surface area contributed by atoms with Crippen LogP contribution in [-0.4, -0.2) is 90.9 Å². The number of amides is 1. The van der Waals surface area contributed by atoms with Crippen molar-refractivity contribution in [2.24, 2.45) is 0 Å². The first kappa shape index (κ1) is 35.1. The van der Waals surface area contributed by atoms with Gasteiger partial charge in [0.15, 0.2) is 5.65 Å². The maximum absolute atomic E-state index is 14.0. The lowest BCUT2D eigenvalue weighted by molar-refractivity contribution is 0.0126. The number of carbonyl (C=O) groups is 1. The number of aryl methyl sites for hydroxylation is 1. The molecule has 262 valence electrons. The highest BCUT2D eigenvalue weighted by Crippen LogP contribution is 2.36. The smallest absolute Gasteiger partial charge is 0.410 e. The van der Waals surface area contributed by atoms with Gasteiger partial charge in [0.05, 0.1) is 23.7 Å². The van der Waals surface area contributed by atoms with Crippen LogP contribution >= 0.6 is 0 Å². The van der Waals surface area contributed by atoms with Gasteiger partial charge in [0, 0.05) is 68.9 Å². The van der Waals surface area contributed by atoms with Gasteiger partial charge < -0.3 is 19.1 Å². The maximum Gasteiger partial charge on any atom is 0.410 e. The van der Waals surface area contributed by atoms with E-state index in [4.69, 9.17) is 14.2 Å². The summed E-state index contributed by atoms with van der Waals surface area (Å²) in [5.74, 6) is 0.438. The van der Waals surface area contributed by atoms with Crippen molar-refractivity contribution in [1.29, 1.82) is 5.26 Å². The summed E-state index contributed by atoms with van der Waals surface area (Å²) in [5.41, 5.74) is 3.12. The highest BCUT2D eigenvalue weighted by Gasteiger charge is 2.29. The Morgan fingerprint density at radius 3 is 2.46 bits per heavy atom. The molecule has 6 rings (SSSR count). The number of pyridine rings is 1. The van der Waals surface area contributed by atoms with Crippen molar-refractivity contribution >= 4 is 33.2 Å². The fourth-order valence-corrected chi connectivity index (χ4v) is 7.42. The lowest BCUT2D eigenvalue weighted by Gasteiger charge is -2.33. The molecular weight excluding hydrogens is 655 g/mol. The summed E-state index contributed by atoms with van der Waals surface area (Å²) in [7, 11) is -3.99. The Kier molecular flexibility index (Phi) is 10.3. The Labute approximate surface area is 293 Å². The normalized spacial score (nSPS) is 16.5. The second-order valence-electron chi connectivity index (χ2n) is 13.7. The molecule has 4 aromatic rings. The number of ether oxygens (including phenoxy) is 3. The number of nitrogens with zero attached hydrogens (tertiary/aromatic N) is 5. The quantitative estimate of drug-likeness (QED) is 0.210. The summed E-state index contributed by atoms with van der Waals surface area (Å²) in [5, 5.41) is 10.8. The highest BCUT2D eigenvalue weighted by atomic mass is 32.2. The zero-order chi connectivity index (χ0) is 35.5. The minimum atomic E-state index is -3.99. The fourth-order valence-electron chi connectivity index (χ4n) is 6.10. The van der Waals surface area contributed by atoms with Crippen LogP contribution in [0.5, 0.6) is 5.75 Å². The lowest BCUT2D eigenvalue weighted by atomic mass is 10.0. The van der Waals surface area contributed by atoms with Crippen LogP contribution in [0.2, 0.25) is 0 Å². The summed E-state index contributed by atoms with van der Waals surface area (Å²) < 4.78 is 46.4. The number of hydrogen-bond acceptors (Lipinski definition) is 9. The van der Waals surface area contributed by atoms with Gasteiger partial charge >= 0.3 is 6.09 Å². The van der Waals surface area contributed by atoms with Crippen molar-refractivity contribution in [1.82, 2.24) is 18.8 Å². The van der Waals surface area contributed by atoms with E-state index in [1.165, 1.54) is 3.97 Å². The third-order valence-corrected chi connectivity index (χ3v) is 10.5. The van der Waals surface area contributed by atoms with E-state index >= 15 is 0 Å². The van der Waals surface area contributed by atoms with Crippen LogP contribution < -0.4 is 4.74 Å². The highest BCUT2D eigenvalue weighted by molar-refractivity contribution is 7.90. The predicted octanol–water partition coefficient (Wildman–Crippen LogP) is 6.24. The van der Waals surface area contributed by atoms with Gasteiger partial charge in [0.1, 0.15) is 23.5 Å². The van der Waals surface area contributed by atoms with Crippen LogP contribution in [0.1, 0.15) is 50.3 Å². The van der Waals surface area contributed by atoms with E-state index in [1.54, 1.807) is 53.7 Å². The minimum Gasteiger partial charge on any atom is -0.489 e. The molecule has 2 fully saturated rings. The zero-order valence-corrected chi connectivity index (χ0v) is 29.8. The number of carbonyl (C=O) groups excluding carboxylic acids is 1. The SMILES string of the molecule is Cc1ccc(S(=O)(=O)n2cc(-c3ccc(OC4CCN(C(=O)OC(C)(C)C)CC4)c(C#N)c3)c3cc(C=CCN4CCOCC4)cnc32)cc1. The number of hydrogen-bond donors (Lipinski definition) is 0. The Morgan fingerprint density at radius 1 is 1.06 bits per heavy atom. The second-order valence-corrected chi connectivity index (χ2v) is 15.5. The molecule has 0 radical (unpaired) electrons. The van der Waals surface area contributed by atoms with Gasteiger partial charge in [-0.05, 0) is 69.2 Å². The summed E-state index contributed by atoms with van der Waals surface area (Å²) in [6.07, 6.45) is 8.01. The molecule has 12 heteroatoms. The first-order valence-electron chi connectivity index (χ1n) is 16.9. The van der Waals surface area contributed by atoms with Crippen LogP contribution in [0.3, 0.4) is 0 Å². The standard InChI is InChI=1S/C38H43N5O6S/c1-27-7-10-32(11-8-27)50(45,46)43-26-34(33-22-28(25-40-36(33)43)6-5-15-41-18-20-47-21-19-41)29-9-12-35(30(23-29)24-39)48-31-13-16-42(17-14-31)37(44)49-38(2,3)4/h5-12,22-23,25-26,31H,13-21H2,1-4H3. The molecule has 0 saturated carbocycles. The molecule has 50 heavy (non-hydrogen) atoms. The number of aromatic nitrogens is 2. The van der Waals surface area contributed by atoms with Crippen LogP contribution in [0, 0.1) is 18.3 Å². The molecule has 4 heterocycles. The predicted molar refractivity (Wildman–Crippen MR) is 191 cm³/mol. The van der Waals surface area contributed by atoms with Crippen molar-refractivity contribution in [3.63, 3.8) is 0 Å². The van der Waals surface area contributed by atoms with E-state index in [0.717, 1.165) is 44.0 Å². The van der Waals surface area contributed by atoms with E-state index in [1.807, 2.05) is 45.9 Å². The molecule has 0 aliphatic carbocycles. The molecule has 2 aromatic carbocycles. The summed E-state index contributed by atoms with van der Waals surface area (Å²) in [4.78, 5) is 21.3. The van der Waals surface area contributed by atoms with Crippen molar-refractivity contribution in [2.45, 2.75) is 57.1 Å². The maximum atomic E-state index is 14.0. The molecule has 0 spiro atoms. The number of piperidine rings is 1. The Morgan fingerprint density at radius 2 is 1.78 bits per heavy atom. The summed E-state index contributed by atoms with van der Waals surface area (Å²) in [6.45, 7) is 12.4. The number of likely N-dealkylation sites (tertiary alicyclic amines) is 1. The Balaban J connectivity index is 1.30. The number of rotatable bonds is 8. The monoisotopic (exact) mass is 697 g/mol. The number of nitriles is 1. The van der Waals surface area contributed by atoms with E-state index in [9.17, 15) is 18.5 Å². The molecule has 0 atom stereocenters. The summed E-state index contributed by atoms with van der Waals surface area (Å²) >= 11 is 0. The summed E-state index contributed by atoms with van der Waals surface area (Å²) in [6, 6.07) is 16.2. The molecule has 0 bridgehead atoms. The first-order valence-corrected chi connectivity index (χ1v) is 18.3. The van der Waals surface area contributed by atoms with Crippen LogP contribution in [0.15, 0.2) is 71.9 Å². The van der Waals surface area contributed by atoms with Gasteiger partial charge in [-0.3, -0.25) is 4.90 Å². The molecular formula is C38H43N5O6S. The largest absolute Gasteiger partial charge is 0.489 e. The zero-order valence-electron chi connectivity index (χ0n) is 29.0. The molecule has 2 aromatic heterocycles. The number of morpholine rings is 1. The minimum absolute atomic E-state index is 0.155. The molecule has 11 nitrogen and oxygen atoms in total. The number of fused-ring (bicyclic) bond motifs is 1. The van der Waals surface area contributed by atoms with Gasteiger partial charge in [0.2, 0.25) is 0 Å². The second kappa shape index (κ2) is 14.6. The van der Waals surface area contributed by atoms with Crippen LogP contribution in [-0.2, 0) is 19.5 Å². The third-order valence-electron chi connectivity index (χ3n) is 8.79. The van der Waals surface area contributed by atoms with E-state index in [-0.39, 0.29) is 17.1 Å². The molecule has 2 aliphatic rings. The molecule has 2 saturated heterocycles. The molecule has 0 unspecified atom stereocenters. The first-order chi connectivity index (χ1) is 23.9. The van der Waals surface area contributed by atoms with Crippen LogP contribution in [0.25, 0.3) is 28.2 Å². The Hall–Kier alpha value is -4.70. The van der Waals surface area contributed by atoms with Gasteiger partial charge in [-0.2, -0.15) is 5.26 Å². The van der Waals surface area contributed by atoms with Crippen molar-refractivity contribution in [2.75, 3.05) is 45.9 Å². The van der Waals surface area contributed by atoms with Crippen molar-refractivity contribution in [3.8, 4) is 22.9 Å². The van der Waals surface area contributed by atoms with E-state index in [0.29, 0.717) is 59.4 Å². The van der Waals surface area contributed by atoms with E-state index < -0.39 is 15.6 Å². The van der Waals surface area contributed by atoms with Crippen LogP contribution in [0.4, 0.5) is 4.79 Å².